The van der Waals surface area contributed by atoms with Crippen LogP contribution in [0.3, 0.4) is 0 Å². The summed E-state index contributed by atoms with van der Waals surface area (Å²) in [6.45, 7) is 30.2. The molecule has 0 N–H and O–H groups in total. The van der Waals surface area contributed by atoms with Gasteiger partial charge in [-0.25, -0.2) is 0 Å². The molecule has 12 atom stereocenters. The first-order valence-corrected chi connectivity index (χ1v) is 32.9. The minimum Gasteiger partial charge on any atom is -2.00 e. The summed E-state index contributed by atoms with van der Waals surface area (Å²) in [6.07, 6.45) is 27.9. The van der Waals surface area contributed by atoms with E-state index in [-0.39, 0.29) is 190 Å². The maximum atomic E-state index is 4.76. The summed E-state index contributed by atoms with van der Waals surface area (Å²) in [4.78, 5) is 0. The largest absolute Gasteiger partial charge is 2.00 e. The second kappa shape index (κ2) is 49.1. The van der Waals surface area contributed by atoms with E-state index in [0.717, 1.165) is 67.9 Å². The summed E-state index contributed by atoms with van der Waals surface area (Å²) in [5, 5.41) is 0.194. The molecule has 0 aromatic heterocycles. The van der Waals surface area contributed by atoms with Gasteiger partial charge < -0.3 is 122 Å². The van der Waals surface area contributed by atoms with Gasteiger partial charge in [0.2, 0.25) is 0 Å². The second-order valence-corrected chi connectivity index (χ2v) is 38.4. The monoisotopic (exact) mass is 1850 g/mol. The van der Waals surface area contributed by atoms with Crippen LogP contribution in [-0.2, 0) is 117 Å². The molecule has 0 nitrogen and oxygen atoms in total. The molecule has 0 amide bonds. The maximum Gasteiger partial charge on any atom is 0.0967 e. The predicted molar refractivity (Wildman–Crippen MR) is 286 cm³/mol. The van der Waals surface area contributed by atoms with E-state index in [1.807, 2.05) is 0 Å². The molecule has 0 aromatic carbocycles. The molecule has 0 unspecified atom stereocenters. The molecule has 0 saturated carbocycles. The van der Waals surface area contributed by atoms with E-state index in [0.29, 0.717) is 47.5 Å². The van der Waals surface area contributed by atoms with Crippen molar-refractivity contribution in [2.45, 2.75) is 228 Å². The van der Waals surface area contributed by atoms with E-state index < -0.39 is 0 Å². The predicted octanol–water partition coefficient (Wildman–Crippen LogP) is 4.70. The molecule has 6 heterocycles. The number of halogens is 6. The van der Waals surface area contributed by atoms with Crippen molar-refractivity contribution in [2.24, 2.45) is 0 Å². The molecule has 6 fully saturated rings. The molecule has 0 radical (unpaired) electrons. The Balaban J connectivity index is -0.0000000865. The first kappa shape index (κ1) is 90.1. The van der Waals surface area contributed by atoms with Crippen molar-refractivity contribution in [3.05, 3.63) is 0 Å². The summed E-state index contributed by atoms with van der Waals surface area (Å²) in [5.74, 6) is 0. The Labute approximate surface area is 519 Å². The van der Waals surface area contributed by atoms with Crippen LogP contribution >= 0.6 is 70.7 Å². The molecular formula is C43H86Br4Cl2P6S4W3-12. The summed E-state index contributed by atoms with van der Waals surface area (Å²) < 4.78 is 0. The fourth-order valence-electron chi connectivity index (χ4n) is 10.8. The van der Waals surface area contributed by atoms with Crippen molar-refractivity contribution < 1.29 is 131 Å². The molecule has 6 saturated heterocycles. The molecule has 6 aliphatic heterocycles. The smallest absolute Gasteiger partial charge is 0.0967 e. The quantitative estimate of drug-likeness (QED) is 0.233. The molecule has 6 rings (SSSR count). The summed E-state index contributed by atoms with van der Waals surface area (Å²) in [6, 6.07) is 0. The van der Waals surface area contributed by atoms with Crippen molar-refractivity contribution in [2.75, 3.05) is 42.3 Å². The Kier molecular flexibility index (Phi) is 71.4. The molecule has 0 aliphatic carbocycles. The zero-order chi connectivity index (χ0) is 37.8. The van der Waals surface area contributed by atoms with E-state index in [1.165, 1.54) is 77.0 Å². The van der Waals surface area contributed by atoms with Crippen LogP contribution in [0.25, 0.3) is 0 Å². The van der Waals surface area contributed by atoms with E-state index in [2.05, 4.69) is 83.1 Å². The molecule has 0 bridgehead atoms. The van der Waals surface area contributed by atoms with Crippen LogP contribution in [0.2, 0.25) is 0 Å². The molecule has 6 aliphatic rings. The average Bonchev–Trinajstić information content (AvgIpc) is 3.92. The first-order valence-electron chi connectivity index (χ1n) is 21.9. The number of hydrogen-bond donors (Lipinski definition) is 0. The van der Waals surface area contributed by atoms with Crippen LogP contribution in [0.5, 0.6) is 0 Å². The second-order valence-electron chi connectivity index (χ2n) is 18.2. The third kappa shape index (κ3) is 30.3. The van der Waals surface area contributed by atoms with Gasteiger partial charge in [0, 0.05) is 63.2 Å². The van der Waals surface area contributed by atoms with Crippen molar-refractivity contribution in [3.63, 3.8) is 0 Å². The Morgan fingerprint density at radius 1 is 0.258 bits per heavy atom. The van der Waals surface area contributed by atoms with Gasteiger partial charge in [-0.15, -0.1) is 70.7 Å². The Morgan fingerprint density at radius 3 is 0.387 bits per heavy atom. The molecular weight excluding hydrogens is 1770 g/mol. The van der Waals surface area contributed by atoms with Gasteiger partial charge in [-0.3, -0.25) is 0 Å². The summed E-state index contributed by atoms with van der Waals surface area (Å²) in [7, 11) is 2.37. The SMILES string of the molecule is C[C@@H]1CC[C@@H](C)P1CCP1[C@H](C)CC[C@H]1C.C[C@@H]1CC[C@@H](C)P1CCP1[C@H](C)CC[C@H]1C.C[C@@H]1CC[C@@H](C)P1CCP1[C@H](C)CC[C@H]1C.ClCCl.[Br-].[Br-].[Br-].[Br-].[S-2].[S-2].[S-2].[S-2].[W].[W].[W]. The van der Waals surface area contributed by atoms with Crippen molar-refractivity contribution >= 4 is 125 Å². The number of alkyl halides is 2. The molecule has 19 heteroatoms. The van der Waals surface area contributed by atoms with Crippen LogP contribution in [0, 0.1) is 0 Å². The third-order valence-corrected chi connectivity index (χ3v) is 36.8. The fraction of sp³-hybridized carbons (Fsp3) is 1.00. The van der Waals surface area contributed by atoms with Gasteiger partial charge in [-0.1, -0.05) is 83.1 Å². The van der Waals surface area contributed by atoms with Crippen LogP contribution in [0.4, 0.5) is 0 Å². The van der Waals surface area contributed by atoms with Crippen LogP contribution in [0.15, 0.2) is 0 Å². The van der Waals surface area contributed by atoms with Crippen molar-refractivity contribution in [3.8, 4) is 0 Å². The van der Waals surface area contributed by atoms with Crippen LogP contribution < -0.4 is 67.9 Å². The van der Waals surface area contributed by atoms with Gasteiger partial charge in [0.1, 0.15) is 0 Å². The minimum absolute atomic E-state index is 0. The molecule has 62 heavy (non-hydrogen) atoms. The molecule has 0 aromatic rings. The zero-order valence-electron chi connectivity index (χ0n) is 40.2. The van der Waals surface area contributed by atoms with Gasteiger partial charge in [0.05, 0.1) is 5.34 Å². The van der Waals surface area contributed by atoms with E-state index >= 15 is 0 Å². The molecule has 0 spiro atoms. The normalized spacial score (nSPS) is 32.8. The van der Waals surface area contributed by atoms with Crippen LogP contribution in [-0.4, -0.2) is 110 Å². The fourth-order valence-corrected chi connectivity index (χ4v) is 32.6. The summed E-state index contributed by atoms with van der Waals surface area (Å²) in [5.41, 5.74) is 12.9. The van der Waals surface area contributed by atoms with Gasteiger partial charge >= 0.3 is 0 Å². The van der Waals surface area contributed by atoms with Crippen molar-refractivity contribution in [1.82, 2.24) is 0 Å². The van der Waals surface area contributed by atoms with E-state index in [1.54, 1.807) is 37.0 Å². The van der Waals surface area contributed by atoms with Gasteiger partial charge in [0.15, 0.2) is 0 Å². The van der Waals surface area contributed by atoms with E-state index in [9.17, 15) is 0 Å². The van der Waals surface area contributed by atoms with Gasteiger partial charge in [-0.2, -0.15) is 0 Å². The van der Waals surface area contributed by atoms with Crippen molar-refractivity contribution in [1.29, 1.82) is 0 Å². The first-order chi connectivity index (χ1) is 24.2. The van der Waals surface area contributed by atoms with Crippen LogP contribution in [0.1, 0.15) is 160 Å². The van der Waals surface area contributed by atoms with E-state index in [4.69, 9.17) is 23.2 Å². The Bertz CT molecular complexity index is 755. The molecule has 384 valence electrons. The topological polar surface area (TPSA) is 0 Å². The number of hydrogen-bond acceptors (Lipinski definition) is 0. The Morgan fingerprint density at radius 2 is 0.323 bits per heavy atom. The third-order valence-electron chi connectivity index (χ3n) is 14.7. The van der Waals surface area contributed by atoms with Gasteiger partial charge in [0.25, 0.3) is 0 Å². The maximum absolute atomic E-state index is 4.76. The number of rotatable bonds is 9. The average molecular weight is 1860 g/mol. The van der Waals surface area contributed by atoms with Gasteiger partial charge in [-0.05, 0) is 182 Å². The Hall–Kier alpha value is 8.54. The zero-order valence-corrected chi connectivity index (χ0v) is 65.5. The minimum atomic E-state index is 0. The standard InChI is InChI=1S/3C14H28P2.CH2Cl2.4BrH.4S.3W/c3*1-11-5-6-12(2)15(11)9-10-16-13(3)7-8-14(16)4;2-1-3;;;;;;;;;;;/h3*11-14H,5-10H2,1-4H3;1H2;4*1H;;;;;;;/q;;;;;;;;4*-2;;;/p-4/t3*11-,12-,13-,14-;;;;;;;;;;;;/m111............/s1. The summed E-state index contributed by atoms with van der Waals surface area (Å²) >= 11 is 9.53.